The molecule has 9 heteroatoms. The maximum absolute atomic E-state index is 12.8. The number of rotatable bonds is 10. The van der Waals surface area contributed by atoms with Crippen molar-refractivity contribution >= 4 is 15.9 Å². The predicted molar refractivity (Wildman–Crippen MR) is 102 cm³/mol. The van der Waals surface area contributed by atoms with Crippen molar-refractivity contribution < 1.29 is 22.7 Å². The van der Waals surface area contributed by atoms with Crippen LogP contribution < -0.4 is 10.1 Å². The molecule has 0 saturated carbocycles. The molecule has 1 heterocycles. The highest BCUT2D eigenvalue weighted by Crippen LogP contribution is 2.19. The maximum atomic E-state index is 12.8. The van der Waals surface area contributed by atoms with Crippen LogP contribution >= 0.6 is 0 Å². The monoisotopic (exact) mass is 399 g/mol. The third-order valence-electron chi connectivity index (χ3n) is 4.30. The van der Waals surface area contributed by atoms with Crippen LogP contribution in [0.5, 0.6) is 5.75 Å². The van der Waals surface area contributed by atoms with Crippen molar-refractivity contribution in [2.45, 2.75) is 18.7 Å². The summed E-state index contributed by atoms with van der Waals surface area (Å²) < 4.78 is 37.3. The smallest absolute Gasteiger partial charge is 0.243 e. The van der Waals surface area contributed by atoms with E-state index in [1.807, 2.05) is 6.92 Å². The van der Waals surface area contributed by atoms with Gasteiger partial charge in [-0.25, -0.2) is 8.42 Å². The van der Waals surface area contributed by atoms with Crippen LogP contribution in [0.3, 0.4) is 0 Å². The Kier molecular flexibility index (Phi) is 8.49. The van der Waals surface area contributed by atoms with E-state index in [0.717, 1.165) is 19.6 Å². The van der Waals surface area contributed by atoms with Gasteiger partial charge in [-0.2, -0.15) is 4.31 Å². The van der Waals surface area contributed by atoms with Crippen molar-refractivity contribution in [1.82, 2.24) is 14.5 Å². The van der Waals surface area contributed by atoms with Crippen LogP contribution in [0.4, 0.5) is 0 Å². The summed E-state index contributed by atoms with van der Waals surface area (Å²) in [5.74, 6) is 0.306. The van der Waals surface area contributed by atoms with Gasteiger partial charge in [-0.15, -0.1) is 0 Å². The predicted octanol–water partition coefficient (Wildman–Crippen LogP) is 0.544. The van der Waals surface area contributed by atoms with Gasteiger partial charge in [-0.05, 0) is 31.2 Å². The van der Waals surface area contributed by atoms with Gasteiger partial charge in [0.1, 0.15) is 5.75 Å². The molecular weight excluding hydrogens is 370 g/mol. The molecule has 0 atom stereocenters. The van der Waals surface area contributed by atoms with Crippen molar-refractivity contribution in [3.63, 3.8) is 0 Å². The molecule has 1 aromatic carbocycles. The number of carbonyl (C=O) groups is 1. The van der Waals surface area contributed by atoms with Gasteiger partial charge in [0.15, 0.2) is 0 Å². The Morgan fingerprint density at radius 1 is 1.22 bits per heavy atom. The van der Waals surface area contributed by atoms with E-state index in [4.69, 9.17) is 9.47 Å². The van der Waals surface area contributed by atoms with E-state index in [9.17, 15) is 13.2 Å². The largest absolute Gasteiger partial charge is 0.494 e. The van der Waals surface area contributed by atoms with Gasteiger partial charge in [0.05, 0.1) is 31.3 Å². The highest BCUT2D eigenvalue weighted by Gasteiger charge is 2.25. The van der Waals surface area contributed by atoms with Gasteiger partial charge in [0.2, 0.25) is 15.9 Å². The summed E-state index contributed by atoms with van der Waals surface area (Å²) in [7, 11) is -3.73. The number of sulfonamides is 1. The molecule has 0 spiro atoms. The zero-order valence-electron chi connectivity index (χ0n) is 16.0. The van der Waals surface area contributed by atoms with Crippen molar-refractivity contribution in [3.8, 4) is 5.75 Å². The quantitative estimate of drug-likeness (QED) is 0.618. The number of carbonyl (C=O) groups excluding carboxylic acids is 1. The molecule has 1 aliphatic heterocycles. The van der Waals surface area contributed by atoms with E-state index < -0.39 is 10.0 Å². The number of ether oxygens (including phenoxy) is 2. The fraction of sp³-hybridized carbons (Fsp3) is 0.611. The summed E-state index contributed by atoms with van der Waals surface area (Å²) in [6.07, 6.45) is 0. The minimum Gasteiger partial charge on any atom is -0.494 e. The number of nitrogens with one attached hydrogen (secondary N) is 1. The summed E-state index contributed by atoms with van der Waals surface area (Å²) in [6.45, 7) is 8.43. The zero-order chi connectivity index (χ0) is 19.7. The number of benzene rings is 1. The first kappa shape index (κ1) is 21.6. The van der Waals surface area contributed by atoms with Gasteiger partial charge in [-0.1, -0.05) is 6.92 Å². The first-order chi connectivity index (χ1) is 13.0. The number of nitrogens with zero attached hydrogens (tertiary/aromatic N) is 2. The van der Waals surface area contributed by atoms with E-state index in [1.165, 1.54) is 16.4 Å². The molecule has 0 radical (unpaired) electrons. The molecule has 0 unspecified atom stereocenters. The lowest BCUT2D eigenvalue weighted by atomic mass is 10.3. The van der Waals surface area contributed by atoms with Crippen LogP contribution in [0.1, 0.15) is 13.8 Å². The van der Waals surface area contributed by atoms with Crippen LogP contribution in [-0.2, 0) is 19.6 Å². The minimum atomic E-state index is -3.73. The van der Waals surface area contributed by atoms with Crippen LogP contribution in [0.15, 0.2) is 29.2 Å². The van der Waals surface area contributed by atoms with Gasteiger partial charge < -0.3 is 14.8 Å². The van der Waals surface area contributed by atoms with E-state index in [-0.39, 0.29) is 23.9 Å². The van der Waals surface area contributed by atoms with Crippen LogP contribution in [0.25, 0.3) is 0 Å². The van der Waals surface area contributed by atoms with Gasteiger partial charge in [0.25, 0.3) is 0 Å². The van der Waals surface area contributed by atoms with E-state index in [1.54, 1.807) is 19.1 Å². The zero-order valence-corrected chi connectivity index (χ0v) is 16.8. The Labute approximate surface area is 161 Å². The summed E-state index contributed by atoms with van der Waals surface area (Å²) in [6, 6.07) is 6.23. The molecule has 1 aliphatic rings. The fourth-order valence-corrected chi connectivity index (χ4v) is 4.19. The summed E-state index contributed by atoms with van der Waals surface area (Å²) in [4.78, 5) is 14.5. The number of morpholine rings is 1. The SMILES string of the molecule is CCOc1ccc(S(=O)(=O)N(CC)CC(=O)NCCN2CCOCC2)cc1. The van der Waals surface area contributed by atoms with E-state index in [0.29, 0.717) is 32.1 Å². The Balaban J connectivity index is 1.88. The molecule has 27 heavy (non-hydrogen) atoms. The first-order valence-corrected chi connectivity index (χ1v) is 10.7. The lowest BCUT2D eigenvalue weighted by Crippen LogP contribution is -2.44. The highest BCUT2D eigenvalue weighted by molar-refractivity contribution is 7.89. The number of amides is 1. The summed E-state index contributed by atoms with van der Waals surface area (Å²) >= 11 is 0. The maximum Gasteiger partial charge on any atom is 0.243 e. The van der Waals surface area contributed by atoms with Crippen LogP contribution in [-0.4, -0.2) is 82.6 Å². The average molecular weight is 400 g/mol. The number of hydrogen-bond acceptors (Lipinski definition) is 6. The molecule has 0 bridgehead atoms. The molecular formula is C18H29N3O5S. The normalized spacial score (nSPS) is 15.7. The Bertz CT molecular complexity index is 687. The van der Waals surface area contributed by atoms with E-state index in [2.05, 4.69) is 10.2 Å². The third-order valence-corrected chi connectivity index (χ3v) is 6.23. The molecule has 0 aromatic heterocycles. The molecule has 1 N–H and O–H groups in total. The number of hydrogen-bond donors (Lipinski definition) is 1. The molecule has 1 saturated heterocycles. The standard InChI is InChI=1S/C18H29N3O5S/c1-3-21(15-18(22)19-9-10-20-11-13-25-14-12-20)27(23,24)17-7-5-16(6-8-17)26-4-2/h5-8H,3-4,9-15H2,1-2H3,(H,19,22). The summed E-state index contributed by atoms with van der Waals surface area (Å²) in [5, 5.41) is 2.80. The second kappa shape index (κ2) is 10.6. The highest BCUT2D eigenvalue weighted by atomic mass is 32.2. The molecule has 2 rings (SSSR count). The van der Waals surface area contributed by atoms with Crippen molar-refractivity contribution in [2.24, 2.45) is 0 Å². The van der Waals surface area contributed by atoms with Gasteiger partial charge in [0, 0.05) is 32.7 Å². The molecule has 1 aromatic rings. The molecule has 1 fully saturated rings. The Morgan fingerprint density at radius 3 is 2.48 bits per heavy atom. The second-order valence-electron chi connectivity index (χ2n) is 6.14. The molecule has 152 valence electrons. The van der Waals surface area contributed by atoms with Crippen molar-refractivity contribution in [3.05, 3.63) is 24.3 Å². The van der Waals surface area contributed by atoms with Crippen molar-refractivity contribution in [2.75, 3.05) is 59.1 Å². The van der Waals surface area contributed by atoms with Gasteiger partial charge >= 0.3 is 0 Å². The Morgan fingerprint density at radius 2 is 1.89 bits per heavy atom. The van der Waals surface area contributed by atoms with Crippen molar-refractivity contribution in [1.29, 1.82) is 0 Å². The fourth-order valence-electron chi connectivity index (χ4n) is 2.78. The van der Waals surface area contributed by atoms with E-state index >= 15 is 0 Å². The van der Waals surface area contributed by atoms with Crippen LogP contribution in [0, 0.1) is 0 Å². The Hall–Kier alpha value is -1.68. The third kappa shape index (κ3) is 6.46. The number of likely N-dealkylation sites (N-methyl/N-ethyl adjacent to an activating group) is 1. The average Bonchev–Trinajstić information content (AvgIpc) is 2.67. The summed E-state index contributed by atoms with van der Waals surface area (Å²) in [5.41, 5.74) is 0. The first-order valence-electron chi connectivity index (χ1n) is 9.27. The molecule has 8 nitrogen and oxygen atoms in total. The molecule has 1 amide bonds. The molecule has 0 aliphatic carbocycles. The second-order valence-corrected chi connectivity index (χ2v) is 8.08. The van der Waals surface area contributed by atoms with Crippen LogP contribution in [0.2, 0.25) is 0 Å². The lowest BCUT2D eigenvalue weighted by molar-refractivity contribution is -0.121. The topological polar surface area (TPSA) is 88.2 Å². The lowest BCUT2D eigenvalue weighted by Gasteiger charge is -2.26. The minimum absolute atomic E-state index is 0.147. The van der Waals surface area contributed by atoms with Gasteiger partial charge in [-0.3, -0.25) is 9.69 Å².